The minimum atomic E-state index is -2.97. The molecule has 0 saturated carbocycles. The highest BCUT2D eigenvalue weighted by Gasteiger charge is 2.44. The van der Waals surface area contributed by atoms with E-state index in [0.29, 0.717) is 13.0 Å². The van der Waals surface area contributed by atoms with Crippen molar-refractivity contribution in [1.82, 2.24) is 5.32 Å². The van der Waals surface area contributed by atoms with E-state index in [4.69, 9.17) is 0 Å². The van der Waals surface area contributed by atoms with Crippen LogP contribution >= 0.6 is 0 Å². The fourth-order valence-electron chi connectivity index (χ4n) is 1.50. The molecule has 1 fully saturated rings. The second-order valence-corrected chi connectivity index (χ2v) is 3.43. The van der Waals surface area contributed by atoms with Crippen molar-refractivity contribution >= 4 is 0 Å². The van der Waals surface area contributed by atoms with E-state index in [1.165, 1.54) is 12.1 Å². The molecular weight excluding hydrogens is 191 g/mol. The number of hydrogen-bond acceptors (Lipinski definition) is 1. The van der Waals surface area contributed by atoms with Crippen LogP contribution in [0.15, 0.2) is 24.3 Å². The summed E-state index contributed by atoms with van der Waals surface area (Å²) in [6.07, 6.45) is 0.434. The van der Waals surface area contributed by atoms with Gasteiger partial charge in [-0.05, 0) is 25.1 Å². The van der Waals surface area contributed by atoms with Gasteiger partial charge in [0.15, 0.2) is 0 Å². The van der Waals surface area contributed by atoms with E-state index >= 15 is 0 Å². The lowest BCUT2D eigenvalue weighted by molar-refractivity contribution is -0.0648. The monoisotopic (exact) mass is 201 g/mol. The van der Waals surface area contributed by atoms with Gasteiger partial charge in [0.05, 0.1) is 6.04 Å². The molecule has 2 rings (SSSR count). The van der Waals surface area contributed by atoms with Gasteiger partial charge >= 0.3 is 0 Å². The lowest BCUT2D eigenvalue weighted by atomic mass is 9.94. The lowest BCUT2D eigenvalue weighted by Gasteiger charge is -2.34. The van der Waals surface area contributed by atoms with Gasteiger partial charge in [0, 0.05) is 5.56 Å². The molecular formula is C10H10F3N. The van der Waals surface area contributed by atoms with Crippen molar-refractivity contribution in [2.75, 3.05) is 6.54 Å². The average molecular weight is 201 g/mol. The Balaban J connectivity index is 2.28. The largest absolute Gasteiger partial charge is 0.308 e. The van der Waals surface area contributed by atoms with Gasteiger partial charge in [0.2, 0.25) is 0 Å². The van der Waals surface area contributed by atoms with Gasteiger partial charge in [-0.2, -0.15) is 8.78 Å². The molecule has 1 aromatic carbocycles. The van der Waals surface area contributed by atoms with Crippen molar-refractivity contribution in [3.05, 3.63) is 35.6 Å². The third-order valence-electron chi connectivity index (χ3n) is 2.47. The molecule has 1 unspecified atom stereocenters. The maximum Gasteiger partial charge on any atom is 0.288 e. The molecule has 76 valence electrons. The van der Waals surface area contributed by atoms with Crippen molar-refractivity contribution in [2.24, 2.45) is 0 Å². The van der Waals surface area contributed by atoms with Crippen LogP contribution in [0.3, 0.4) is 0 Å². The summed E-state index contributed by atoms with van der Waals surface area (Å²) >= 11 is 0. The van der Waals surface area contributed by atoms with Crippen LogP contribution in [0.1, 0.15) is 12.0 Å². The van der Waals surface area contributed by atoms with E-state index in [-0.39, 0.29) is 5.56 Å². The van der Waals surface area contributed by atoms with E-state index < -0.39 is 17.8 Å². The Bertz CT molecular complexity index is 334. The number of halogens is 3. The molecule has 0 bridgehead atoms. The van der Waals surface area contributed by atoms with Gasteiger partial charge < -0.3 is 5.32 Å². The van der Waals surface area contributed by atoms with E-state index in [9.17, 15) is 13.2 Å². The third-order valence-corrected chi connectivity index (χ3v) is 2.47. The Kier molecular flexibility index (Phi) is 2.23. The van der Waals surface area contributed by atoms with E-state index in [2.05, 4.69) is 5.32 Å². The zero-order chi connectivity index (χ0) is 10.2. The highest BCUT2D eigenvalue weighted by molar-refractivity contribution is 5.23. The number of nitrogens with one attached hydrogen (secondary N) is 1. The zero-order valence-corrected chi connectivity index (χ0v) is 7.43. The topological polar surface area (TPSA) is 12.0 Å². The molecule has 0 aromatic heterocycles. The van der Waals surface area contributed by atoms with Crippen molar-refractivity contribution in [3.63, 3.8) is 0 Å². The Morgan fingerprint density at radius 3 is 2.57 bits per heavy atom. The molecule has 1 aromatic rings. The predicted molar refractivity (Wildman–Crippen MR) is 46.7 cm³/mol. The summed E-state index contributed by atoms with van der Waals surface area (Å²) in [6.45, 7) is 0.607. The van der Waals surface area contributed by atoms with E-state index in [1.54, 1.807) is 0 Å². The van der Waals surface area contributed by atoms with Crippen LogP contribution < -0.4 is 5.32 Å². The Labute approximate surface area is 79.9 Å². The van der Waals surface area contributed by atoms with Crippen LogP contribution in [0.25, 0.3) is 0 Å². The minimum Gasteiger partial charge on any atom is -0.308 e. The number of alkyl halides is 2. The number of benzene rings is 1. The van der Waals surface area contributed by atoms with Crippen molar-refractivity contribution in [2.45, 2.75) is 18.4 Å². The molecule has 14 heavy (non-hydrogen) atoms. The average Bonchev–Trinajstić information content (AvgIpc) is 2.00. The number of rotatable bonds is 2. The second kappa shape index (κ2) is 3.28. The van der Waals surface area contributed by atoms with Gasteiger partial charge in [-0.15, -0.1) is 0 Å². The maximum absolute atomic E-state index is 13.6. The second-order valence-electron chi connectivity index (χ2n) is 3.43. The standard InChI is InChI=1S/C10H10F3N/c11-8-3-1-2-7(6-8)10(12,13)9-4-5-14-9/h1-3,6,9,14H,4-5H2. The van der Waals surface area contributed by atoms with Crippen molar-refractivity contribution in [3.8, 4) is 0 Å². The number of hydrogen-bond donors (Lipinski definition) is 1. The summed E-state index contributed by atoms with van der Waals surface area (Å²) < 4.78 is 39.8. The summed E-state index contributed by atoms with van der Waals surface area (Å²) in [7, 11) is 0. The summed E-state index contributed by atoms with van der Waals surface area (Å²) in [4.78, 5) is 0. The molecule has 1 saturated heterocycles. The molecule has 0 aliphatic carbocycles. The molecule has 0 amide bonds. The molecule has 1 nitrogen and oxygen atoms in total. The molecule has 1 aliphatic heterocycles. The third kappa shape index (κ3) is 1.50. The molecule has 4 heteroatoms. The summed E-state index contributed by atoms with van der Waals surface area (Å²) in [6, 6.07) is 3.76. The molecule has 1 aliphatic rings. The highest BCUT2D eigenvalue weighted by atomic mass is 19.3. The van der Waals surface area contributed by atoms with Crippen molar-refractivity contribution < 1.29 is 13.2 Å². The summed E-state index contributed by atoms with van der Waals surface area (Å²) in [5.74, 6) is -3.60. The van der Waals surface area contributed by atoms with E-state index in [1.807, 2.05) is 0 Å². The molecule has 1 N–H and O–H groups in total. The minimum absolute atomic E-state index is 0.255. The summed E-state index contributed by atoms with van der Waals surface area (Å²) in [5.41, 5.74) is -0.255. The molecule has 0 spiro atoms. The quantitative estimate of drug-likeness (QED) is 0.774. The lowest BCUT2D eigenvalue weighted by Crippen LogP contribution is -2.53. The Morgan fingerprint density at radius 2 is 2.07 bits per heavy atom. The van der Waals surface area contributed by atoms with Crippen LogP contribution in [0.4, 0.5) is 13.2 Å². The van der Waals surface area contributed by atoms with Crippen LogP contribution in [0, 0.1) is 5.82 Å². The molecule has 0 radical (unpaired) electrons. The first-order valence-corrected chi connectivity index (χ1v) is 4.48. The zero-order valence-electron chi connectivity index (χ0n) is 7.43. The maximum atomic E-state index is 13.6. The Morgan fingerprint density at radius 1 is 1.36 bits per heavy atom. The molecule has 1 heterocycles. The first-order valence-electron chi connectivity index (χ1n) is 4.48. The first kappa shape index (κ1) is 9.52. The van der Waals surface area contributed by atoms with Gasteiger partial charge in [-0.1, -0.05) is 12.1 Å². The SMILES string of the molecule is Fc1cccc(C(F)(F)C2CCN2)c1. The normalized spacial score (nSPS) is 21.8. The van der Waals surface area contributed by atoms with Crippen LogP contribution in [-0.4, -0.2) is 12.6 Å². The summed E-state index contributed by atoms with van der Waals surface area (Å²) in [5, 5.41) is 2.63. The van der Waals surface area contributed by atoms with Crippen LogP contribution in [0.2, 0.25) is 0 Å². The first-order chi connectivity index (χ1) is 6.60. The fraction of sp³-hybridized carbons (Fsp3) is 0.400. The van der Waals surface area contributed by atoms with Gasteiger partial charge in [0.25, 0.3) is 5.92 Å². The smallest absolute Gasteiger partial charge is 0.288 e. The van der Waals surface area contributed by atoms with Gasteiger partial charge in [-0.25, -0.2) is 4.39 Å². The van der Waals surface area contributed by atoms with Crippen molar-refractivity contribution in [1.29, 1.82) is 0 Å². The van der Waals surface area contributed by atoms with Crippen LogP contribution in [0.5, 0.6) is 0 Å². The van der Waals surface area contributed by atoms with E-state index in [0.717, 1.165) is 12.1 Å². The predicted octanol–water partition coefficient (Wildman–Crippen LogP) is 2.28. The van der Waals surface area contributed by atoms with Crippen LogP contribution in [-0.2, 0) is 5.92 Å². The van der Waals surface area contributed by atoms with Gasteiger partial charge in [-0.3, -0.25) is 0 Å². The fourth-order valence-corrected chi connectivity index (χ4v) is 1.50. The Hall–Kier alpha value is -1.03. The highest BCUT2D eigenvalue weighted by Crippen LogP contribution is 2.35. The van der Waals surface area contributed by atoms with Gasteiger partial charge in [0.1, 0.15) is 5.82 Å². The molecule has 1 atom stereocenters.